The fraction of sp³-hybridized carbons (Fsp3) is 0.435. The summed E-state index contributed by atoms with van der Waals surface area (Å²) in [7, 11) is 0. The van der Waals surface area contributed by atoms with Gasteiger partial charge in [-0.15, -0.1) is 0 Å². The molecule has 1 aliphatic heterocycles. The average Bonchev–Trinajstić information content (AvgIpc) is 2.75. The van der Waals surface area contributed by atoms with Crippen molar-refractivity contribution in [2.24, 2.45) is 0 Å². The van der Waals surface area contributed by atoms with Crippen LogP contribution >= 0.6 is 0 Å². The zero-order valence-electron chi connectivity index (χ0n) is 18.0. The molecule has 0 N–H and O–H groups in total. The number of fused-ring (bicyclic) bond motifs is 1. The lowest BCUT2D eigenvalue weighted by atomic mass is 9.98. The van der Waals surface area contributed by atoms with Crippen LogP contribution in [-0.4, -0.2) is 43.8 Å². The molecule has 0 saturated carbocycles. The maximum atomic E-state index is 13.1. The van der Waals surface area contributed by atoms with Crippen LogP contribution in [0.3, 0.4) is 0 Å². The van der Waals surface area contributed by atoms with Gasteiger partial charge in [0.25, 0.3) is 5.91 Å². The van der Waals surface area contributed by atoms with Gasteiger partial charge in [-0.2, -0.15) is 8.78 Å². The van der Waals surface area contributed by atoms with Gasteiger partial charge in [0.15, 0.2) is 23.0 Å². The Balaban J connectivity index is 1.83. The number of hydrogen-bond donors (Lipinski definition) is 0. The lowest BCUT2D eigenvalue weighted by molar-refractivity contribution is -0.0514. The molecule has 8 heteroatoms. The van der Waals surface area contributed by atoms with Crippen molar-refractivity contribution in [2.45, 2.75) is 40.3 Å². The zero-order valence-corrected chi connectivity index (χ0v) is 18.0. The second kappa shape index (κ2) is 10.3. The van der Waals surface area contributed by atoms with E-state index in [-0.39, 0.29) is 24.0 Å². The SMILES string of the molecule is CCOc1cc2c(cc1OCC)CN(C(=O)c1ccc(OC(F)F)c(OCC)c1)CC2. The van der Waals surface area contributed by atoms with Crippen molar-refractivity contribution < 1.29 is 32.5 Å². The van der Waals surface area contributed by atoms with Crippen LogP contribution in [0.5, 0.6) is 23.0 Å². The minimum atomic E-state index is -2.97. The van der Waals surface area contributed by atoms with Gasteiger partial charge in [-0.05, 0) is 68.7 Å². The highest BCUT2D eigenvalue weighted by molar-refractivity contribution is 5.95. The van der Waals surface area contributed by atoms with Crippen LogP contribution < -0.4 is 18.9 Å². The Morgan fingerprint density at radius 2 is 1.48 bits per heavy atom. The smallest absolute Gasteiger partial charge is 0.387 e. The summed E-state index contributed by atoms with van der Waals surface area (Å²) < 4.78 is 46.5. The highest BCUT2D eigenvalue weighted by Crippen LogP contribution is 2.35. The van der Waals surface area contributed by atoms with Crippen LogP contribution in [0.1, 0.15) is 42.3 Å². The molecule has 31 heavy (non-hydrogen) atoms. The van der Waals surface area contributed by atoms with Gasteiger partial charge in [-0.1, -0.05) is 0 Å². The maximum absolute atomic E-state index is 13.1. The largest absolute Gasteiger partial charge is 0.490 e. The van der Waals surface area contributed by atoms with Crippen molar-refractivity contribution in [3.63, 3.8) is 0 Å². The first-order valence-corrected chi connectivity index (χ1v) is 10.4. The van der Waals surface area contributed by atoms with E-state index in [2.05, 4.69) is 4.74 Å². The molecule has 2 aromatic carbocycles. The minimum absolute atomic E-state index is 0.0952. The highest BCUT2D eigenvalue weighted by atomic mass is 19.3. The van der Waals surface area contributed by atoms with E-state index >= 15 is 0 Å². The van der Waals surface area contributed by atoms with Crippen molar-refractivity contribution in [1.29, 1.82) is 0 Å². The summed E-state index contributed by atoms with van der Waals surface area (Å²) in [5.74, 6) is 1.18. The third kappa shape index (κ3) is 5.37. The first-order valence-electron chi connectivity index (χ1n) is 10.4. The number of ether oxygens (including phenoxy) is 4. The predicted octanol–water partition coefficient (Wildman–Crippen LogP) is 4.68. The Bertz CT molecular complexity index is 919. The molecule has 0 bridgehead atoms. The maximum Gasteiger partial charge on any atom is 0.387 e. The quantitative estimate of drug-likeness (QED) is 0.572. The summed E-state index contributed by atoms with van der Waals surface area (Å²) in [6.45, 7) is 4.84. The van der Waals surface area contributed by atoms with Gasteiger partial charge in [0.1, 0.15) is 0 Å². The Labute approximate surface area is 180 Å². The Morgan fingerprint density at radius 3 is 2.06 bits per heavy atom. The van der Waals surface area contributed by atoms with E-state index in [0.717, 1.165) is 11.1 Å². The van der Waals surface area contributed by atoms with Crippen molar-refractivity contribution in [2.75, 3.05) is 26.4 Å². The molecule has 6 nitrogen and oxygen atoms in total. The van der Waals surface area contributed by atoms with Gasteiger partial charge >= 0.3 is 6.61 Å². The van der Waals surface area contributed by atoms with Crippen molar-refractivity contribution in [1.82, 2.24) is 4.90 Å². The molecule has 1 heterocycles. The summed E-state index contributed by atoms with van der Waals surface area (Å²) in [5.41, 5.74) is 2.46. The van der Waals surface area contributed by atoms with E-state index in [4.69, 9.17) is 14.2 Å². The van der Waals surface area contributed by atoms with E-state index in [1.165, 1.54) is 18.2 Å². The number of carbonyl (C=O) groups excluding carboxylic acids is 1. The lowest BCUT2D eigenvalue weighted by Crippen LogP contribution is -2.36. The van der Waals surface area contributed by atoms with Crippen LogP contribution in [0.25, 0.3) is 0 Å². The monoisotopic (exact) mass is 435 g/mol. The van der Waals surface area contributed by atoms with Gasteiger partial charge in [0, 0.05) is 18.7 Å². The van der Waals surface area contributed by atoms with Gasteiger partial charge in [-0.3, -0.25) is 4.79 Å². The Kier molecular flexibility index (Phi) is 7.55. The number of nitrogens with zero attached hydrogens (tertiary/aromatic N) is 1. The fourth-order valence-electron chi connectivity index (χ4n) is 3.56. The number of amides is 1. The molecular weight excluding hydrogens is 408 g/mol. The van der Waals surface area contributed by atoms with Crippen LogP contribution in [0.15, 0.2) is 30.3 Å². The van der Waals surface area contributed by atoms with Gasteiger partial charge < -0.3 is 23.8 Å². The summed E-state index contributed by atoms with van der Waals surface area (Å²) in [6.07, 6.45) is 0.679. The summed E-state index contributed by atoms with van der Waals surface area (Å²) in [5, 5.41) is 0. The van der Waals surface area contributed by atoms with Crippen molar-refractivity contribution >= 4 is 5.91 Å². The van der Waals surface area contributed by atoms with E-state index in [0.29, 0.717) is 49.8 Å². The lowest BCUT2D eigenvalue weighted by Gasteiger charge is -2.30. The fourth-order valence-corrected chi connectivity index (χ4v) is 3.56. The molecule has 0 radical (unpaired) electrons. The molecule has 0 aromatic heterocycles. The molecule has 0 aliphatic carbocycles. The molecule has 0 saturated heterocycles. The zero-order chi connectivity index (χ0) is 22.4. The van der Waals surface area contributed by atoms with E-state index in [1.54, 1.807) is 11.8 Å². The van der Waals surface area contributed by atoms with E-state index < -0.39 is 6.61 Å². The topological polar surface area (TPSA) is 57.2 Å². The molecule has 168 valence electrons. The third-order valence-electron chi connectivity index (χ3n) is 4.87. The number of carbonyl (C=O) groups is 1. The van der Waals surface area contributed by atoms with Crippen molar-refractivity contribution in [3.8, 4) is 23.0 Å². The second-order valence-electron chi connectivity index (χ2n) is 6.88. The van der Waals surface area contributed by atoms with Gasteiger partial charge in [-0.25, -0.2) is 0 Å². The van der Waals surface area contributed by atoms with Crippen LogP contribution in [-0.2, 0) is 13.0 Å². The standard InChI is InChI=1S/C23H27F2NO5/c1-4-28-19-12-16(7-8-18(19)31-23(24)25)22(27)26-10-9-15-11-20(29-5-2)21(30-6-3)13-17(15)14-26/h7-8,11-13,23H,4-6,9-10,14H2,1-3H3. The number of halogens is 2. The molecular formula is C23H27F2NO5. The molecule has 0 atom stereocenters. The molecule has 1 amide bonds. The highest BCUT2D eigenvalue weighted by Gasteiger charge is 2.25. The average molecular weight is 435 g/mol. The van der Waals surface area contributed by atoms with Crippen molar-refractivity contribution in [3.05, 3.63) is 47.0 Å². The number of benzene rings is 2. The van der Waals surface area contributed by atoms with E-state index in [9.17, 15) is 13.6 Å². The first-order chi connectivity index (χ1) is 15.0. The van der Waals surface area contributed by atoms with Gasteiger partial charge in [0.2, 0.25) is 0 Å². The van der Waals surface area contributed by atoms with Gasteiger partial charge in [0.05, 0.1) is 19.8 Å². The molecule has 1 aliphatic rings. The van der Waals surface area contributed by atoms with Crippen LogP contribution in [0.2, 0.25) is 0 Å². The number of rotatable bonds is 9. The molecule has 0 spiro atoms. The molecule has 2 aromatic rings. The number of hydrogen-bond acceptors (Lipinski definition) is 5. The molecule has 0 unspecified atom stereocenters. The minimum Gasteiger partial charge on any atom is -0.490 e. The Morgan fingerprint density at radius 1 is 0.903 bits per heavy atom. The molecule has 0 fully saturated rings. The van der Waals surface area contributed by atoms with Crippen LogP contribution in [0.4, 0.5) is 8.78 Å². The summed E-state index contributed by atoms with van der Waals surface area (Å²) >= 11 is 0. The summed E-state index contributed by atoms with van der Waals surface area (Å²) in [6, 6.07) is 8.17. The van der Waals surface area contributed by atoms with Crippen LogP contribution in [0, 0.1) is 0 Å². The van der Waals surface area contributed by atoms with E-state index in [1.807, 2.05) is 26.0 Å². The predicted molar refractivity (Wildman–Crippen MR) is 111 cm³/mol. The first kappa shape index (κ1) is 22.7. The normalized spacial score (nSPS) is 13.0. The molecule has 3 rings (SSSR count). The second-order valence-corrected chi connectivity index (χ2v) is 6.88. The Hall–Kier alpha value is -3.03. The summed E-state index contributed by atoms with van der Waals surface area (Å²) in [4.78, 5) is 14.8. The third-order valence-corrected chi connectivity index (χ3v) is 4.87. The number of alkyl halides is 2.